The van der Waals surface area contributed by atoms with Gasteiger partial charge in [-0.15, -0.1) is 0 Å². The zero-order valence-electron chi connectivity index (χ0n) is 8.78. The van der Waals surface area contributed by atoms with Crippen LogP contribution in [0.5, 0.6) is 0 Å². The standard InChI is InChI=1S/C11H12N4/c1-15(2)7-9-6-14-11-10(9)3-8(4-12)5-13-11/h3,5-6H,7H2,1-2H3,(H,13,14). The molecule has 0 fully saturated rings. The minimum atomic E-state index is 0.599. The number of rotatable bonds is 2. The molecule has 0 aliphatic heterocycles. The van der Waals surface area contributed by atoms with Crippen molar-refractivity contribution in [2.75, 3.05) is 14.1 Å². The Morgan fingerprint density at radius 2 is 2.33 bits per heavy atom. The van der Waals surface area contributed by atoms with Gasteiger partial charge in [0.05, 0.1) is 5.56 Å². The van der Waals surface area contributed by atoms with Crippen LogP contribution < -0.4 is 0 Å². The van der Waals surface area contributed by atoms with Crippen molar-refractivity contribution >= 4 is 11.0 Å². The number of nitrogens with zero attached hydrogens (tertiary/aromatic N) is 3. The van der Waals surface area contributed by atoms with Crippen LogP contribution in [0.15, 0.2) is 18.5 Å². The molecule has 76 valence electrons. The quantitative estimate of drug-likeness (QED) is 0.799. The van der Waals surface area contributed by atoms with Crippen LogP contribution >= 0.6 is 0 Å². The van der Waals surface area contributed by atoms with E-state index in [-0.39, 0.29) is 0 Å². The van der Waals surface area contributed by atoms with Gasteiger partial charge in [0, 0.05) is 24.3 Å². The van der Waals surface area contributed by atoms with Gasteiger partial charge in [-0.1, -0.05) is 0 Å². The van der Waals surface area contributed by atoms with E-state index in [1.165, 1.54) is 5.56 Å². The summed E-state index contributed by atoms with van der Waals surface area (Å²) < 4.78 is 0. The van der Waals surface area contributed by atoms with Crippen molar-refractivity contribution in [3.63, 3.8) is 0 Å². The third-order valence-electron chi connectivity index (χ3n) is 2.23. The molecule has 2 aromatic heterocycles. The van der Waals surface area contributed by atoms with Gasteiger partial charge in [-0.05, 0) is 25.7 Å². The molecule has 0 bridgehead atoms. The zero-order chi connectivity index (χ0) is 10.8. The van der Waals surface area contributed by atoms with Crippen LogP contribution in [0, 0.1) is 11.3 Å². The molecule has 4 heteroatoms. The molecule has 0 unspecified atom stereocenters. The first-order valence-electron chi connectivity index (χ1n) is 4.71. The van der Waals surface area contributed by atoms with Gasteiger partial charge in [-0.2, -0.15) is 5.26 Å². The fourth-order valence-electron chi connectivity index (χ4n) is 1.59. The second-order valence-corrected chi connectivity index (χ2v) is 3.78. The predicted octanol–water partition coefficient (Wildman–Crippen LogP) is 1.50. The highest BCUT2D eigenvalue weighted by Gasteiger charge is 2.06. The Balaban J connectivity index is 2.52. The van der Waals surface area contributed by atoms with Crippen LogP contribution in [0.3, 0.4) is 0 Å². The third-order valence-corrected chi connectivity index (χ3v) is 2.23. The summed E-state index contributed by atoms with van der Waals surface area (Å²) in [5, 5.41) is 9.83. The molecule has 0 spiro atoms. The second-order valence-electron chi connectivity index (χ2n) is 3.78. The van der Waals surface area contributed by atoms with E-state index in [2.05, 4.69) is 20.9 Å². The monoisotopic (exact) mass is 200 g/mol. The van der Waals surface area contributed by atoms with Gasteiger partial charge >= 0.3 is 0 Å². The topological polar surface area (TPSA) is 55.7 Å². The van der Waals surface area contributed by atoms with Crippen molar-refractivity contribution in [3.8, 4) is 6.07 Å². The number of pyridine rings is 1. The molecule has 2 aromatic rings. The molecule has 2 heterocycles. The maximum absolute atomic E-state index is 8.80. The molecule has 0 saturated heterocycles. The number of aromatic nitrogens is 2. The molecule has 0 aromatic carbocycles. The molecule has 0 amide bonds. The van der Waals surface area contributed by atoms with E-state index in [0.29, 0.717) is 5.56 Å². The van der Waals surface area contributed by atoms with Gasteiger partial charge in [0.1, 0.15) is 11.7 Å². The highest BCUT2D eigenvalue weighted by atomic mass is 15.1. The highest BCUT2D eigenvalue weighted by Crippen LogP contribution is 2.18. The Kier molecular flexibility index (Phi) is 2.40. The number of hydrogen-bond acceptors (Lipinski definition) is 3. The third kappa shape index (κ3) is 1.83. The SMILES string of the molecule is CN(C)Cc1c[nH]c2ncc(C#N)cc12. The fourth-order valence-corrected chi connectivity index (χ4v) is 1.59. The predicted molar refractivity (Wildman–Crippen MR) is 58.2 cm³/mol. The van der Waals surface area contributed by atoms with Crippen molar-refractivity contribution in [1.82, 2.24) is 14.9 Å². The van der Waals surface area contributed by atoms with E-state index < -0.39 is 0 Å². The summed E-state index contributed by atoms with van der Waals surface area (Å²) in [6.07, 6.45) is 3.52. The highest BCUT2D eigenvalue weighted by molar-refractivity contribution is 5.80. The summed E-state index contributed by atoms with van der Waals surface area (Å²) in [5.74, 6) is 0. The summed E-state index contributed by atoms with van der Waals surface area (Å²) in [6, 6.07) is 3.97. The van der Waals surface area contributed by atoms with Gasteiger partial charge in [0.2, 0.25) is 0 Å². The van der Waals surface area contributed by atoms with Crippen LogP contribution in [0.2, 0.25) is 0 Å². The lowest BCUT2D eigenvalue weighted by atomic mass is 10.2. The summed E-state index contributed by atoms with van der Waals surface area (Å²) in [7, 11) is 4.03. The molecular formula is C11H12N4. The van der Waals surface area contributed by atoms with Gasteiger partial charge in [0.15, 0.2) is 0 Å². The fraction of sp³-hybridized carbons (Fsp3) is 0.273. The second kappa shape index (κ2) is 3.71. The minimum absolute atomic E-state index is 0.599. The molecular weight excluding hydrogens is 188 g/mol. The summed E-state index contributed by atoms with van der Waals surface area (Å²) in [4.78, 5) is 9.37. The lowest BCUT2D eigenvalue weighted by Crippen LogP contribution is -2.10. The number of fused-ring (bicyclic) bond motifs is 1. The first-order valence-corrected chi connectivity index (χ1v) is 4.71. The molecule has 4 nitrogen and oxygen atoms in total. The van der Waals surface area contributed by atoms with E-state index >= 15 is 0 Å². The normalized spacial score (nSPS) is 10.8. The van der Waals surface area contributed by atoms with Crippen molar-refractivity contribution < 1.29 is 0 Å². The smallest absolute Gasteiger partial charge is 0.137 e. The summed E-state index contributed by atoms with van der Waals surface area (Å²) in [5.41, 5.74) is 2.60. The van der Waals surface area contributed by atoms with Crippen molar-refractivity contribution in [2.24, 2.45) is 0 Å². The van der Waals surface area contributed by atoms with E-state index in [0.717, 1.165) is 17.6 Å². The number of aromatic amines is 1. The minimum Gasteiger partial charge on any atom is -0.346 e. The Morgan fingerprint density at radius 3 is 3.00 bits per heavy atom. The molecule has 1 N–H and O–H groups in total. The molecule has 2 rings (SSSR count). The Bertz CT molecular complexity index is 519. The van der Waals surface area contributed by atoms with Crippen LogP contribution in [0.25, 0.3) is 11.0 Å². The zero-order valence-corrected chi connectivity index (χ0v) is 8.78. The van der Waals surface area contributed by atoms with Gasteiger partial charge in [0.25, 0.3) is 0 Å². The van der Waals surface area contributed by atoms with Crippen LogP contribution in [-0.4, -0.2) is 29.0 Å². The molecule has 15 heavy (non-hydrogen) atoms. The number of hydrogen-bond donors (Lipinski definition) is 1. The summed E-state index contributed by atoms with van der Waals surface area (Å²) >= 11 is 0. The summed E-state index contributed by atoms with van der Waals surface area (Å²) in [6.45, 7) is 0.844. The number of nitriles is 1. The number of nitrogens with one attached hydrogen (secondary N) is 1. The van der Waals surface area contributed by atoms with Gasteiger partial charge in [-0.25, -0.2) is 4.98 Å². The van der Waals surface area contributed by atoms with Crippen LogP contribution in [0.4, 0.5) is 0 Å². The molecule has 0 aliphatic carbocycles. The molecule has 0 atom stereocenters. The van der Waals surface area contributed by atoms with E-state index in [4.69, 9.17) is 5.26 Å². The Labute approximate surface area is 88.2 Å². The van der Waals surface area contributed by atoms with E-state index in [9.17, 15) is 0 Å². The first kappa shape index (κ1) is 9.69. The largest absolute Gasteiger partial charge is 0.346 e. The first-order chi connectivity index (χ1) is 7.20. The molecule has 0 radical (unpaired) electrons. The van der Waals surface area contributed by atoms with E-state index in [1.807, 2.05) is 26.4 Å². The average molecular weight is 200 g/mol. The van der Waals surface area contributed by atoms with Crippen molar-refractivity contribution in [2.45, 2.75) is 6.54 Å². The maximum atomic E-state index is 8.80. The van der Waals surface area contributed by atoms with Crippen molar-refractivity contribution in [3.05, 3.63) is 29.6 Å². The molecule has 0 saturated carbocycles. The number of H-pyrrole nitrogens is 1. The van der Waals surface area contributed by atoms with E-state index in [1.54, 1.807) is 6.20 Å². The van der Waals surface area contributed by atoms with Gasteiger partial charge in [-0.3, -0.25) is 0 Å². The lowest BCUT2D eigenvalue weighted by molar-refractivity contribution is 0.404. The van der Waals surface area contributed by atoms with Crippen LogP contribution in [0.1, 0.15) is 11.1 Å². The average Bonchev–Trinajstić information content (AvgIpc) is 2.60. The molecule has 0 aliphatic rings. The Hall–Kier alpha value is -1.86. The Morgan fingerprint density at radius 1 is 1.53 bits per heavy atom. The van der Waals surface area contributed by atoms with Crippen LogP contribution in [-0.2, 0) is 6.54 Å². The maximum Gasteiger partial charge on any atom is 0.137 e. The van der Waals surface area contributed by atoms with Crippen molar-refractivity contribution in [1.29, 1.82) is 5.26 Å². The van der Waals surface area contributed by atoms with Gasteiger partial charge < -0.3 is 9.88 Å². The lowest BCUT2D eigenvalue weighted by Gasteiger charge is -2.07.